The minimum Gasteiger partial charge on any atom is -0.495 e. The van der Waals surface area contributed by atoms with Crippen molar-refractivity contribution in [2.45, 2.75) is 31.2 Å². The highest BCUT2D eigenvalue weighted by molar-refractivity contribution is 7.89. The van der Waals surface area contributed by atoms with Crippen molar-refractivity contribution in [2.24, 2.45) is 0 Å². The number of nitrogens with one attached hydrogen (secondary N) is 2. The van der Waals surface area contributed by atoms with Gasteiger partial charge in [0.2, 0.25) is 15.9 Å². The predicted molar refractivity (Wildman–Crippen MR) is 83.6 cm³/mol. The number of anilines is 1. The maximum absolute atomic E-state index is 12.3. The minimum atomic E-state index is -3.71. The molecular weight excluding hydrogens is 308 g/mol. The third-order valence-corrected chi connectivity index (χ3v) is 4.44. The molecule has 0 aliphatic rings. The minimum absolute atomic E-state index is 0.0441. The number of rotatable bonds is 8. The van der Waals surface area contributed by atoms with Gasteiger partial charge in [-0.05, 0) is 25.1 Å². The normalized spacial score (nSPS) is 12.7. The van der Waals surface area contributed by atoms with Crippen LogP contribution < -0.4 is 14.8 Å². The van der Waals surface area contributed by atoms with E-state index < -0.39 is 10.0 Å². The number of methoxy groups -OCH3 is 2. The van der Waals surface area contributed by atoms with Gasteiger partial charge in [0.1, 0.15) is 5.75 Å². The quantitative estimate of drug-likeness (QED) is 0.750. The molecule has 1 aromatic carbocycles. The topological polar surface area (TPSA) is 93.7 Å². The fourth-order valence-electron chi connectivity index (χ4n) is 1.81. The summed E-state index contributed by atoms with van der Waals surface area (Å²) in [6, 6.07) is 3.92. The molecule has 0 bridgehead atoms. The summed E-state index contributed by atoms with van der Waals surface area (Å²) in [7, 11) is -0.764. The van der Waals surface area contributed by atoms with Crippen molar-refractivity contribution in [3.8, 4) is 5.75 Å². The van der Waals surface area contributed by atoms with E-state index in [1.54, 1.807) is 13.8 Å². The largest absolute Gasteiger partial charge is 0.495 e. The van der Waals surface area contributed by atoms with E-state index in [1.165, 1.54) is 32.4 Å². The Hall–Kier alpha value is -1.64. The zero-order chi connectivity index (χ0) is 16.8. The molecule has 0 fully saturated rings. The van der Waals surface area contributed by atoms with E-state index in [-0.39, 0.29) is 29.9 Å². The summed E-state index contributed by atoms with van der Waals surface area (Å²) >= 11 is 0. The first-order valence-electron chi connectivity index (χ1n) is 6.83. The lowest BCUT2D eigenvalue weighted by Gasteiger charge is -2.15. The molecule has 124 valence electrons. The van der Waals surface area contributed by atoms with E-state index in [1.807, 2.05) is 0 Å². The summed E-state index contributed by atoms with van der Waals surface area (Å²) in [5.74, 6) is 0.166. The van der Waals surface area contributed by atoms with Crippen molar-refractivity contribution in [1.82, 2.24) is 4.72 Å². The maximum Gasteiger partial charge on any atom is 0.240 e. The Morgan fingerprint density at radius 3 is 2.55 bits per heavy atom. The van der Waals surface area contributed by atoms with Gasteiger partial charge < -0.3 is 14.8 Å². The lowest BCUT2D eigenvalue weighted by Crippen LogP contribution is -2.35. The Labute approximate surface area is 131 Å². The number of amides is 1. The highest BCUT2D eigenvalue weighted by Gasteiger charge is 2.19. The van der Waals surface area contributed by atoms with Crippen molar-refractivity contribution < 1.29 is 22.7 Å². The third-order valence-electron chi connectivity index (χ3n) is 2.85. The first-order chi connectivity index (χ1) is 10.3. The second-order valence-corrected chi connectivity index (χ2v) is 6.46. The summed E-state index contributed by atoms with van der Waals surface area (Å²) in [5, 5.41) is 2.62. The molecule has 0 aromatic heterocycles. The van der Waals surface area contributed by atoms with Gasteiger partial charge in [-0.3, -0.25) is 4.79 Å². The van der Waals surface area contributed by atoms with Crippen molar-refractivity contribution in [3.63, 3.8) is 0 Å². The van der Waals surface area contributed by atoms with Gasteiger partial charge >= 0.3 is 0 Å². The first kappa shape index (κ1) is 18.4. The van der Waals surface area contributed by atoms with Gasteiger partial charge in [-0.25, -0.2) is 13.1 Å². The summed E-state index contributed by atoms with van der Waals surface area (Å²) < 4.78 is 37.1. The zero-order valence-corrected chi connectivity index (χ0v) is 14.0. The lowest BCUT2D eigenvalue weighted by molar-refractivity contribution is -0.115. The van der Waals surface area contributed by atoms with Gasteiger partial charge in [0.15, 0.2) is 0 Å². The molecule has 0 aliphatic heterocycles. The molecule has 0 radical (unpaired) electrons. The Bertz CT molecular complexity index is 616. The van der Waals surface area contributed by atoms with E-state index in [2.05, 4.69) is 10.0 Å². The molecule has 0 saturated heterocycles. The number of carbonyl (C=O) groups excluding carboxylic acids is 1. The van der Waals surface area contributed by atoms with Gasteiger partial charge in [-0.2, -0.15) is 0 Å². The van der Waals surface area contributed by atoms with Gasteiger partial charge in [0, 0.05) is 19.6 Å². The number of benzene rings is 1. The van der Waals surface area contributed by atoms with Crippen LogP contribution >= 0.6 is 0 Å². The first-order valence-corrected chi connectivity index (χ1v) is 8.31. The van der Waals surface area contributed by atoms with Crippen molar-refractivity contribution in [2.75, 3.05) is 26.1 Å². The van der Waals surface area contributed by atoms with E-state index in [0.29, 0.717) is 11.4 Å². The molecule has 22 heavy (non-hydrogen) atoms. The van der Waals surface area contributed by atoms with Crippen LogP contribution in [0.15, 0.2) is 23.1 Å². The van der Waals surface area contributed by atoms with Crippen LogP contribution in [0.3, 0.4) is 0 Å². The van der Waals surface area contributed by atoms with Crippen molar-refractivity contribution in [3.05, 3.63) is 18.2 Å². The van der Waals surface area contributed by atoms with Crippen LogP contribution in [-0.4, -0.2) is 41.2 Å². The summed E-state index contributed by atoms with van der Waals surface area (Å²) in [4.78, 5) is 11.6. The fourth-order valence-corrected chi connectivity index (χ4v) is 3.06. The highest BCUT2D eigenvalue weighted by atomic mass is 32.2. The van der Waals surface area contributed by atoms with Gasteiger partial charge in [-0.15, -0.1) is 0 Å². The molecule has 0 saturated carbocycles. The zero-order valence-electron chi connectivity index (χ0n) is 13.2. The molecule has 7 nitrogen and oxygen atoms in total. The van der Waals surface area contributed by atoms with E-state index >= 15 is 0 Å². The molecule has 0 heterocycles. The molecule has 0 aliphatic carbocycles. The van der Waals surface area contributed by atoms with E-state index in [4.69, 9.17) is 9.47 Å². The molecular formula is C14H22N2O5S. The average molecular weight is 330 g/mol. The van der Waals surface area contributed by atoms with Crippen LogP contribution in [-0.2, 0) is 19.6 Å². The molecule has 0 spiro atoms. The number of hydrogen-bond donors (Lipinski definition) is 2. The van der Waals surface area contributed by atoms with Crippen LogP contribution in [0.4, 0.5) is 5.69 Å². The monoisotopic (exact) mass is 330 g/mol. The summed E-state index contributed by atoms with van der Waals surface area (Å²) in [6.07, 6.45) is 0.281. The van der Waals surface area contributed by atoms with Crippen LogP contribution in [0, 0.1) is 0 Å². The number of carbonyl (C=O) groups is 1. The van der Waals surface area contributed by atoms with E-state index in [9.17, 15) is 13.2 Å². The molecule has 8 heteroatoms. The number of hydrogen-bond acceptors (Lipinski definition) is 5. The lowest BCUT2D eigenvalue weighted by atomic mass is 10.3. The second-order valence-electron chi connectivity index (χ2n) is 4.74. The van der Waals surface area contributed by atoms with Crippen LogP contribution in [0.5, 0.6) is 5.75 Å². The molecule has 1 amide bonds. The molecule has 1 rings (SSSR count). The third kappa shape index (κ3) is 4.97. The standard InChI is InChI=1S/C14H22N2O5S/c1-5-14(17)15-12-8-11(6-7-13(12)21-4)22(18,19)16-10(2)9-20-3/h6-8,10,16H,5,9H2,1-4H3,(H,15,17). The fraction of sp³-hybridized carbons (Fsp3) is 0.500. The van der Waals surface area contributed by atoms with Crippen molar-refractivity contribution >= 4 is 21.6 Å². The number of ether oxygens (including phenoxy) is 2. The summed E-state index contributed by atoms with van der Waals surface area (Å²) in [5.41, 5.74) is 0.316. The van der Waals surface area contributed by atoms with Crippen LogP contribution in [0.25, 0.3) is 0 Å². The van der Waals surface area contributed by atoms with Gasteiger partial charge in [0.05, 0.1) is 24.3 Å². The Morgan fingerprint density at radius 2 is 2.00 bits per heavy atom. The summed E-state index contributed by atoms with van der Waals surface area (Å²) in [6.45, 7) is 3.66. The Morgan fingerprint density at radius 1 is 1.32 bits per heavy atom. The molecule has 1 aromatic rings. The molecule has 1 unspecified atom stereocenters. The second kappa shape index (κ2) is 8.11. The predicted octanol–water partition coefficient (Wildman–Crippen LogP) is 1.36. The highest BCUT2D eigenvalue weighted by Crippen LogP contribution is 2.27. The smallest absolute Gasteiger partial charge is 0.240 e. The van der Waals surface area contributed by atoms with Gasteiger partial charge in [0.25, 0.3) is 0 Å². The molecule has 1 atom stereocenters. The number of sulfonamides is 1. The maximum atomic E-state index is 12.3. The SMILES string of the molecule is CCC(=O)Nc1cc(S(=O)(=O)NC(C)COC)ccc1OC. The van der Waals surface area contributed by atoms with Crippen molar-refractivity contribution in [1.29, 1.82) is 0 Å². The van der Waals surface area contributed by atoms with E-state index in [0.717, 1.165) is 0 Å². The molecule has 2 N–H and O–H groups in total. The Balaban J connectivity index is 3.09. The Kier molecular flexibility index (Phi) is 6.79. The average Bonchev–Trinajstić information content (AvgIpc) is 2.46. The van der Waals surface area contributed by atoms with Crippen LogP contribution in [0.1, 0.15) is 20.3 Å². The van der Waals surface area contributed by atoms with Gasteiger partial charge in [-0.1, -0.05) is 6.92 Å². The van der Waals surface area contributed by atoms with Crippen LogP contribution in [0.2, 0.25) is 0 Å².